The molecule has 1 aliphatic rings. The maximum absolute atomic E-state index is 11.6. The topological polar surface area (TPSA) is 81.8 Å². The smallest absolute Gasteiger partial charge is 0.231 e. The third kappa shape index (κ3) is 1.68. The summed E-state index contributed by atoms with van der Waals surface area (Å²) >= 11 is 5.85. The fourth-order valence-electron chi connectivity index (χ4n) is 1.47. The average Bonchev–Trinajstić information content (AvgIpc) is 2.71. The molecule has 86 valence electrons. The summed E-state index contributed by atoms with van der Waals surface area (Å²) in [5.74, 6) is 0.0659. The van der Waals surface area contributed by atoms with E-state index in [9.17, 15) is 9.90 Å². The summed E-state index contributed by atoms with van der Waals surface area (Å²) < 4.78 is 10.2. The zero-order chi connectivity index (χ0) is 11.7. The van der Waals surface area contributed by atoms with Crippen molar-refractivity contribution < 1.29 is 19.4 Å². The molecule has 3 N–H and O–H groups in total. The summed E-state index contributed by atoms with van der Waals surface area (Å²) in [7, 11) is 0. The molecule has 1 heterocycles. The number of halogens is 1. The van der Waals surface area contributed by atoms with Crippen molar-refractivity contribution in [3.63, 3.8) is 0 Å². The van der Waals surface area contributed by atoms with Gasteiger partial charge in [-0.1, -0.05) is 11.6 Å². The lowest BCUT2D eigenvalue weighted by atomic mass is 10.1. The Hall–Kier alpha value is -1.46. The number of ketones is 1. The van der Waals surface area contributed by atoms with Crippen LogP contribution in [0.15, 0.2) is 6.07 Å². The summed E-state index contributed by atoms with van der Waals surface area (Å²) in [6.07, 6.45) is 0.142. The molecule has 1 aliphatic heterocycles. The third-order valence-electron chi connectivity index (χ3n) is 2.25. The van der Waals surface area contributed by atoms with E-state index in [2.05, 4.69) is 0 Å². The van der Waals surface area contributed by atoms with E-state index in [0.717, 1.165) is 0 Å². The van der Waals surface area contributed by atoms with Crippen LogP contribution in [0.3, 0.4) is 0 Å². The number of nitrogens with two attached hydrogens (primary N) is 1. The maximum atomic E-state index is 11.6. The number of fused-ring (bicyclic) bond motifs is 1. The van der Waals surface area contributed by atoms with Crippen molar-refractivity contribution in [3.05, 3.63) is 16.7 Å². The van der Waals surface area contributed by atoms with Crippen LogP contribution >= 0.6 is 11.6 Å². The highest BCUT2D eigenvalue weighted by Gasteiger charge is 2.25. The van der Waals surface area contributed by atoms with Gasteiger partial charge in [-0.3, -0.25) is 4.79 Å². The zero-order valence-electron chi connectivity index (χ0n) is 8.33. The van der Waals surface area contributed by atoms with Gasteiger partial charge in [0.1, 0.15) is 10.8 Å². The fourth-order valence-corrected chi connectivity index (χ4v) is 1.72. The quantitative estimate of drug-likeness (QED) is 0.782. The van der Waals surface area contributed by atoms with Gasteiger partial charge < -0.3 is 20.3 Å². The van der Waals surface area contributed by atoms with E-state index in [1.54, 1.807) is 0 Å². The summed E-state index contributed by atoms with van der Waals surface area (Å²) in [6.45, 7) is 0.243. The van der Waals surface area contributed by atoms with Crippen LogP contribution in [0.5, 0.6) is 17.2 Å². The Morgan fingerprint density at radius 2 is 2.31 bits per heavy atom. The van der Waals surface area contributed by atoms with Crippen molar-refractivity contribution in [1.29, 1.82) is 0 Å². The molecule has 0 saturated heterocycles. The molecule has 2 rings (SSSR count). The first kappa shape index (κ1) is 11.0. The molecule has 0 aliphatic carbocycles. The predicted octanol–water partition coefficient (Wildman–Crippen LogP) is 1.31. The van der Waals surface area contributed by atoms with Gasteiger partial charge in [-0.15, -0.1) is 0 Å². The van der Waals surface area contributed by atoms with Crippen LogP contribution in [-0.2, 0) is 0 Å². The fraction of sp³-hybridized carbons (Fsp3) is 0.300. The number of benzene rings is 1. The lowest BCUT2D eigenvalue weighted by Gasteiger charge is -2.07. The molecule has 0 spiro atoms. The normalized spacial score (nSPS) is 12.9. The van der Waals surface area contributed by atoms with E-state index in [4.69, 9.17) is 26.8 Å². The van der Waals surface area contributed by atoms with E-state index in [1.165, 1.54) is 6.07 Å². The number of hydrogen-bond acceptors (Lipinski definition) is 5. The standard InChI is InChI=1S/C10H10ClNO4/c11-8-9(14)5(6(13)1-2-12)3-7-10(8)16-4-15-7/h3,14H,1-2,4,12H2. The van der Waals surface area contributed by atoms with Crippen LogP contribution in [0.1, 0.15) is 16.8 Å². The molecule has 0 unspecified atom stereocenters. The Morgan fingerprint density at radius 1 is 1.56 bits per heavy atom. The van der Waals surface area contributed by atoms with Crippen LogP contribution in [0.4, 0.5) is 0 Å². The van der Waals surface area contributed by atoms with Gasteiger partial charge in [0.25, 0.3) is 0 Å². The van der Waals surface area contributed by atoms with E-state index >= 15 is 0 Å². The minimum atomic E-state index is -0.288. The van der Waals surface area contributed by atoms with Crippen LogP contribution in [0, 0.1) is 0 Å². The van der Waals surface area contributed by atoms with Crippen molar-refractivity contribution in [2.45, 2.75) is 6.42 Å². The zero-order valence-corrected chi connectivity index (χ0v) is 9.08. The molecule has 0 aromatic heterocycles. The Kier molecular flexibility index (Phi) is 2.89. The number of carbonyl (C=O) groups excluding carboxylic acids is 1. The van der Waals surface area contributed by atoms with Gasteiger partial charge in [0.15, 0.2) is 17.3 Å². The lowest BCUT2D eigenvalue weighted by Crippen LogP contribution is -2.08. The number of phenols is 1. The van der Waals surface area contributed by atoms with Gasteiger partial charge >= 0.3 is 0 Å². The maximum Gasteiger partial charge on any atom is 0.231 e. The van der Waals surface area contributed by atoms with Crippen LogP contribution in [-0.4, -0.2) is 24.2 Å². The van der Waals surface area contributed by atoms with Gasteiger partial charge in [-0.25, -0.2) is 0 Å². The summed E-state index contributed by atoms with van der Waals surface area (Å²) in [5.41, 5.74) is 5.39. The average molecular weight is 244 g/mol. The Bertz CT molecular complexity index is 447. The molecule has 0 amide bonds. The first-order chi connectivity index (χ1) is 7.65. The molecule has 1 aromatic carbocycles. The van der Waals surface area contributed by atoms with Gasteiger partial charge in [-0.2, -0.15) is 0 Å². The van der Waals surface area contributed by atoms with Gasteiger partial charge in [0.2, 0.25) is 6.79 Å². The third-order valence-corrected chi connectivity index (χ3v) is 2.60. The highest BCUT2D eigenvalue weighted by atomic mass is 35.5. The number of ether oxygens (including phenoxy) is 2. The van der Waals surface area contributed by atoms with Crippen LogP contribution in [0.2, 0.25) is 5.02 Å². The summed E-state index contributed by atoms with van der Waals surface area (Å²) in [4.78, 5) is 11.6. The molecular weight excluding hydrogens is 234 g/mol. The molecule has 16 heavy (non-hydrogen) atoms. The Morgan fingerprint density at radius 3 is 3.00 bits per heavy atom. The van der Waals surface area contributed by atoms with Crippen molar-refractivity contribution in [3.8, 4) is 17.2 Å². The van der Waals surface area contributed by atoms with Gasteiger partial charge in [0, 0.05) is 6.42 Å². The molecule has 0 fully saturated rings. The monoisotopic (exact) mass is 243 g/mol. The van der Waals surface area contributed by atoms with E-state index in [0.29, 0.717) is 5.75 Å². The Labute approximate surface area is 96.7 Å². The van der Waals surface area contributed by atoms with Crippen molar-refractivity contribution in [1.82, 2.24) is 0 Å². The summed E-state index contributed by atoms with van der Waals surface area (Å²) in [6, 6.07) is 1.42. The summed E-state index contributed by atoms with van der Waals surface area (Å²) in [5, 5.41) is 9.73. The minimum absolute atomic E-state index is 0.00429. The Balaban J connectivity index is 2.47. The number of carbonyl (C=O) groups is 1. The molecule has 1 aromatic rings. The minimum Gasteiger partial charge on any atom is -0.505 e. The molecule has 0 saturated carbocycles. The predicted molar refractivity (Wildman–Crippen MR) is 57.2 cm³/mol. The van der Waals surface area contributed by atoms with E-state index in [1.807, 2.05) is 0 Å². The number of aromatic hydroxyl groups is 1. The van der Waals surface area contributed by atoms with Gasteiger partial charge in [-0.05, 0) is 12.6 Å². The number of hydrogen-bond donors (Lipinski definition) is 2. The lowest BCUT2D eigenvalue weighted by molar-refractivity contribution is 0.0982. The molecule has 0 radical (unpaired) electrons. The van der Waals surface area contributed by atoms with Gasteiger partial charge in [0.05, 0.1) is 5.56 Å². The SMILES string of the molecule is NCCC(=O)c1cc2c(c(Cl)c1O)OCO2. The highest BCUT2D eigenvalue weighted by molar-refractivity contribution is 6.34. The molecular formula is C10H10ClNO4. The molecule has 0 bridgehead atoms. The molecule has 6 heteroatoms. The van der Waals surface area contributed by atoms with Crippen molar-refractivity contribution in [2.75, 3.05) is 13.3 Å². The second kappa shape index (κ2) is 4.19. The first-order valence-corrected chi connectivity index (χ1v) is 5.07. The number of Topliss-reactive ketones (excluding diaryl/α,β-unsaturated/α-hetero) is 1. The van der Waals surface area contributed by atoms with E-state index in [-0.39, 0.29) is 47.6 Å². The second-order valence-corrected chi connectivity index (χ2v) is 3.66. The van der Waals surface area contributed by atoms with Crippen LogP contribution in [0.25, 0.3) is 0 Å². The van der Waals surface area contributed by atoms with Crippen molar-refractivity contribution >= 4 is 17.4 Å². The second-order valence-electron chi connectivity index (χ2n) is 3.28. The van der Waals surface area contributed by atoms with E-state index < -0.39 is 0 Å². The first-order valence-electron chi connectivity index (χ1n) is 4.69. The highest BCUT2D eigenvalue weighted by Crippen LogP contribution is 2.46. The van der Waals surface area contributed by atoms with Crippen molar-refractivity contribution in [2.24, 2.45) is 5.73 Å². The molecule has 0 atom stereocenters. The molecule has 5 nitrogen and oxygen atoms in total. The number of rotatable bonds is 3. The largest absolute Gasteiger partial charge is 0.505 e. The van der Waals surface area contributed by atoms with Crippen LogP contribution < -0.4 is 15.2 Å². The number of phenolic OH excluding ortho intramolecular Hbond substituents is 1.